The zero-order chi connectivity index (χ0) is 8.10. The molecule has 1 saturated carbocycles. The van der Waals surface area contributed by atoms with Crippen molar-refractivity contribution in [3.63, 3.8) is 0 Å². The number of aliphatic hydroxyl groups is 1. The van der Waals surface area contributed by atoms with Crippen LogP contribution in [0, 0.1) is 0 Å². The van der Waals surface area contributed by atoms with Crippen LogP contribution in [0.3, 0.4) is 0 Å². The van der Waals surface area contributed by atoms with Gasteiger partial charge in [0.1, 0.15) is 5.78 Å². The van der Waals surface area contributed by atoms with Crippen molar-refractivity contribution >= 4 is 5.78 Å². The van der Waals surface area contributed by atoms with Gasteiger partial charge in [-0.2, -0.15) is 0 Å². The van der Waals surface area contributed by atoms with E-state index >= 15 is 0 Å². The van der Waals surface area contributed by atoms with Crippen LogP contribution in [-0.2, 0) is 4.79 Å². The standard InChI is InChI=1S/C9H16O2/c10-8-4-1-2-5-9(11)7-3-6-8/h8,10H,1-7H2. The van der Waals surface area contributed by atoms with Gasteiger partial charge in [-0.3, -0.25) is 4.79 Å². The summed E-state index contributed by atoms with van der Waals surface area (Å²) < 4.78 is 0. The lowest BCUT2D eigenvalue weighted by Crippen LogP contribution is -2.04. The summed E-state index contributed by atoms with van der Waals surface area (Å²) >= 11 is 0. The topological polar surface area (TPSA) is 37.3 Å². The highest BCUT2D eigenvalue weighted by Gasteiger charge is 2.09. The van der Waals surface area contributed by atoms with Gasteiger partial charge in [0, 0.05) is 12.8 Å². The zero-order valence-corrected chi connectivity index (χ0v) is 6.88. The van der Waals surface area contributed by atoms with Gasteiger partial charge >= 0.3 is 0 Å². The summed E-state index contributed by atoms with van der Waals surface area (Å²) in [6, 6.07) is 0. The van der Waals surface area contributed by atoms with Gasteiger partial charge < -0.3 is 5.11 Å². The van der Waals surface area contributed by atoms with E-state index in [0.29, 0.717) is 12.2 Å². The van der Waals surface area contributed by atoms with Crippen molar-refractivity contribution in [1.29, 1.82) is 0 Å². The second-order valence-electron chi connectivity index (χ2n) is 3.33. The molecule has 0 aromatic carbocycles. The molecule has 0 radical (unpaired) electrons. The Morgan fingerprint density at radius 1 is 1.09 bits per heavy atom. The van der Waals surface area contributed by atoms with Gasteiger partial charge in [0.25, 0.3) is 0 Å². The molecule has 0 bridgehead atoms. The van der Waals surface area contributed by atoms with Crippen LogP contribution in [0.1, 0.15) is 44.9 Å². The molecule has 2 heteroatoms. The molecule has 0 aromatic rings. The molecule has 0 heterocycles. The fourth-order valence-electron chi connectivity index (χ4n) is 1.51. The van der Waals surface area contributed by atoms with E-state index in [2.05, 4.69) is 0 Å². The van der Waals surface area contributed by atoms with Gasteiger partial charge in [0.15, 0.2) is 0 Å². The zero-order valence-electron chi connectivity index (χ0n) is 6.88. The summed E-state index contributed by atoms with van der Waals surface area (Å²) in [6.07, 6.45) is 5.80. The van der Waals surface area contributed by atoms with E-state index in [9.17, 15) is 9.90 Å². The van der Waals surface area contributed by atoms with Crippen LogP contribution in [-0.4, -0.2) is 17.0 Å². The highest BCUT2D eigenvalue weighted by atomic mass is 16.3. The molecule has 1 N–H and O–H groups in total. The van der Waals surface area contributed by atoms with Crippen LogP contribution >= 0.6 is 0 Å². The second kappa shape index (κ2) is 4.50. The molecule has 0 amide bonds. The molecule has 0 aliphatic heterocycles. The number of carbonyl (C=O) groups is 1. The average molecular weight is 156 g/mol. The van der Waals surface area contributed by atoms with Crippen molar-refractivity contribution in [3.8, 4) is 0 Å². The summed E-state index contributed by atoms with van der Waals surface area (Å²) in [6.45, 7) is 0. The quantitative estimate of drug-likeness (QED) is 0.579. The van der Waals surface area contributed by atoms with Crippen molar-refractivity contribution < 1.29 is 9.90 Å². The Morgan fingerprint density at radius 3 is 2.55 bits per heavy atom. The Kier molecular flexibility index (Phi) is 3.57. The smallest absolute Gasteiger partial charge is 0.132 e. The van der Waals surface area contributed by atoms with Gasteiger partial charge in [-0.1, -0.05) is 6.42 Å². The minimum Gasteiger partial charge on any atom is -0.393 e. The molecule has 64 valence electrons. The van der Waals surface area contributed by atoms with Crippen LogP contribution in [0.15, 0.2) is 0 Å². The Balaban J connectivity index is 2.29. The normalized spacial score (nSPS) is 28.8. The minimum absolute atomic E-state index is 0.152. The molecule has 1 unspecified atom stereocenters. The van der Waals surface area contributed by atoms with E-state index in [-0.39, 0.29) is 6.10 Å². The Morgan fingerprint density at radius 2 is 1.73 bits per heavy atom. The highest BCUT2D eigenvalue weighted by molar-refractivity contribution is 5.78. The lowest BCUT2D eigenvalue weighted by atomic mass is 10.1. The van der Waals surface area contributed by atoms with E-state index in [1.165, 1.54) is 0 Å². The average Bonchev–Trinajstić information content (AvgIpc) is 2.04. The fourth-order valence-corrected chi connectivity index (χ4v) is 1.51. The number of hydrogen-bond donors (Lipinski definition) is 1. The SMILES string of the molecule is O=C1CCCCC(O)CCC1. The number of Topliss-reactive ketones (excluding diaryl/α,β-unsaturated/α-hetero) is 1. The number of aliphatic hydroxyl groups excluding tert-OH is 1. The number of carbonyl (C=O) groups excluding carboxylic acids is 1. The summed E-state index contributed by atoms with van der Waals surface area (Å²) in [7, 11) is 0. The van der Waals surface area contributed by atoms with Crippen LogP contribution in [0.5, 0.6) is 0 Å². The monoisotopic (exact) mass is 156 g/mol. The molecule has 0 saturated heterocycles. The molecular weight excluding hydrogens is 140 g/mol. The number of rotatable bonds is 0. The maximum atomic E-state index is 11.0. The van der Waals surface area contributed by atoms with Crippen molar-refractivity contribution in [2.45, 2.75) is 51.0 Å². The fraction of sp³-hybridized carbons (Fsp3) is 0.889. The van der Waals surface area contributed by atoms with Crippen LogP contribution < -0.4 is 0 Å². The molecular formula is C9H16O2. The minimum atomic E-state index is -0.152. The van der Waals surface area contributed by atoms with Crippen LogP contribution in [0.25, 0.3) is 0 Å². The number of ketones is 1. The first-order valence-electron chi connectivity index (χ1n) is 4.49. The van der Waals surface area contributed by atoms with Crippen LogP contribution in [0.2, 0.25) is 0 Å². The molecule has 1 rings (SSSR count). The van der Waals surface area contributed by atoms with Crippen molar-refractivity contribution in [1.82, 2.24) is 0 Å². The Labute approximate surface area is 67.6 Å². The molecule has 2 nitrogen and oxygen atoms in total. The second-order valence-corrected chi connectivity index (χ2v) is 3.33. The number of hydrogen-bond acceptors (Lipinski definition) is 2. The first-order chi connectivity index (χ1) is 5.29. The lowest BCUT2D eigenvalue weighted by Gasteiger charge is -2.06. The lowest BCUT2D eigenvalue weighted by molar-refractivity contribution is -0.119. The van der Waals surface area contributed by atoms with Crippen molar-refractivity contribution in [2.24, 2.45) is 0 Å². The van der Waals surface area contributed by atoms with E-state index in [0.717, 1.165) is 38.5 Å². The van der Waals surface area contributed by atoms with Gasteiger partial charge in [0.2, 0.25) is 0 Å². The van der Waals surface area contributed by atoms with E-state index in [1.807, 2.05) is 0 Å². The molecule has 0 aromatic heterocycles. The van der Waals surface area contributed by atoms with Gasteiger partial charge in [-0.15, -0.1) is 0 Å². The van der Waals surface area contributed by atoms with Crippen molar-refractivity contribution in [3.05, 3.63) is 0 Å². The molecule has 11 heavy (non-hydrogen) atoms. The summed E-state index contributed by atoms with van der Waals surface area (Å²) in [5.74, 6) is 0.374. The predicted octanol–water partition coefficient (Wildman–Crippen LogP) is 1.66. The van der Waals surface area contributed by atoms with E-state index in [1.54, 1.807) is 0 Å². The maximum absolute atomic E-state index is 11.0. The third kappa shape index (κ3) is 3.51. The van der Waals surface area contributed by atoms with E-state index in [4.69, 9.17) is 0 Å². The molecule has 1 aliphatic rings. The highest BCUT2D eigenvalue weighted by Crippen LogP contribution is 2.14. The van der Waals surface area contributed by atoms with E-state index < -0.39 is 0 Å². The largest absolute Gasteiger partial charge is 0.393 e. The molecule has 0 spiro atoms. The maximum Gasteiger partial charge on any atom is 0.132 e. The van der Waals surface area contributed by atoms with Crippen LogP contribution in [0.4, 0.5) is 0 Å². The third-order valence-corrected chi connectivity index (χ3v) is 2.24. The summed E-state index contributed by atoms with van der Waals surface area (Å²) in [4.78, 5) is 11.0. The summed E-state index contributed by atoms with van der Waals surface area (Å²) in [5.41, 5.74) is 0. The first kappa shape index (κ1) is 8.72. The van der Waals surface area contributed by atoms with Gasteiger partial charge in [0.05, 0.1) is 6.10 Å². The van der Waals surface area contributed by atoms with Gasteiger partial charge in [-0.25, -0.2) is 0 Å². The third-order valence-electron chi connectivity index (χ3n) is 2.24. The molecule has 1 fully saturated rings. The molecule has 1 aliphatic carbocycles. The van der Waals surface area contributed by atoms with Crippen molar-refractivity contribution in [2.75, 3.05) is 0 Å². The Bertz CT molecular complexity index is 132. The predicted molar refractivity (Wildman–Crippen MR) is 43.3 cm³/mol. The molecule has 1 atom stereocenters. The first-order valence-corrected chi connectivity index (χ1v) is 4.49. The Hall–Kier alpha value is -0.370. The van der Waals surface area contributed by atoms with Gasteiger partial charge in [-0.05, 0) is 25.7 Å². The summed E-state index contributed by atoms with van der Waals surface area (Å²) in [5, 5.41) is 9.31.